The summed E-state index contributed by atoms with van der Waals surface area (Å²) in [6, 6.07) is 0. The predicted molar refractivity (Wildman–Crippen MR) is 57.2 cm³/mol. The van der Waals surface area contributed by atoms with E-state index in [9.17, 15) is 9.18 Å². The van der Waals surface area contributed by atoms with Crippen LogP contribution in [-0.2, 0) is 9.53 Å². The fourth-order valence-corrected chi connectivity index (χ4v) is 0.872. The van der Waals surface area contributed by atoms with Gasteiger partial charge in [-0.2, -0.15) is 0 Å². The van der Waals surface area contributed by atoms with E-state index in [1.807, 2.05) is 0 Å². The highest BCUT2D eigenvalue weighted by Gasteiger charge is 1.98. The summed E-state index contributed by atoms with van der Waals surface area (Å²) < 4.78 is 17.4. The summed E-state index contributed by atoms with van der Waals surface area (Å²) in [6.45, 7) is 1.57. The molecule has 4 nitrogen and oxygen atoms in total. The number of esters is 1. The Labute approximate surface area is 89.0 Å². The first-order chi connectivity index (χ1) is 7.06. The normalized spacial score (nSPS) is 12.7. The number of aliphatic imine (C=N–C) groups is 1. The van der Waals surface area contributed by atoms with Crippen LogP contribution < -0.4 is 5.73 Å². The maximum atomic E-state index is 13.0. The standard InChI is InChI=1S/C10H17FN2O2/c1-8(12)13-7-9(11)5-3-4-6-10(14)15-2/h5H,3-4,6-7H2,1-2H3,(H2,12,13)/b9-5-. The summed E-state index contributed by atoms with van der Waals surface area (Å²) in [6.07, 6.45) is 2.79. The monoisotopic (exact) mass is 216 g/mol. The fraction of sp³-hybridized carbons (Fsp3) is 0.600. The summed E-state index contributed by atoms with van der Waals surface area (Å²) in [4.78, 5) is 14.4. The van der Waals surface area contributed by atoms with E-state index in [-0.39, 0.29) is 18.3 Å². The molecule has 0 unspecified atom stereocenters. The Kier molecular flexibility index (Phi) is 7.23. The number of methoxy groups -OCH3 is 1. The van der Waals surface area contributed by atoms with Gasteiger partial charge in [0.05, 0.1) is 19.5 Å². The molecule has 0 amide bonds. The summed E-state index contributed by atoms with van der Waals surface area (Å²) in [5.74, 6) is -0.252. The van der Waals surface area contributed by atoms with Crippen molar-refractivity contribution >= 4 is 11.8 Å². The number of hydrogen-bond acceptors (Lipinski definition) is 3. The van der Waals surface area contributed by atoms with Crippen molar-refractivity contribution in [1.82, 2.24) is 0 Å². The van der Waals surface area contributed by atoms with Crippen LogP contribution in [0, 0.1) is 0 Å². The summed E-state index contributed by atoms with van der Waals surface area (Å²) in [5.41, 5.74) is 5.25. The number of hydrogen-bond donors (Lipinski definition) is 1. The maximum Gasteiger partial charge on any atom is 0.305 e. The Hall–Kier alpha value is -1.39. The Morgan fingerprint density at radius 2 is 2.27 bits per heavy atom. The van der Waals surface area contributed by atoms with Crippen LogP contribution in [0.3, 0.4) is 0 Å². The molecular formula is C10H17FN2O2. The van der Waals surface area contributed by atoms with Crippen LogP contribution in [0.4, 0.5) is 4.39 Å². The number of nitrogens with two attached hydrogens (primary N) is 1. The van der Waals surface area contributed by atoms with Gasteiger partial charge in [0.15, 0.2) is 0 Å². The van der Waals surface area contributed by atoms with Crippen molar-refractivity contribution in [2.24, 2.45) is 10.7 Å². The Morgan fingerprint density at radius 1 is 1.60 bits per heavy atom. The molecule has 0 aromatic heterocycles. The van der Waals surface area contributed by atoms with Gasteiger partial charge >= 0.3 is 5.97 Å². The van der Waals surface area contributed by atoms with Crippen molar-refractivity contribution in [3.8, 4) is 0 Å². The van der Waals surface area contributed by atoms with E-state index in [0.29, 0.717) is 25.1 Å². The van der Waals surface area contributed by atoms with Crippen LogP contribution in [0.2, 0.25) is 0 Å². The highest BCUT2D eigenvalue weighted by atomic mass is 19.1. The number of rotatable bonds is 6. The van der Waals surface area contributed by atoms with Gasteiger partial charge in [0, 0.05) is 6.42 Å². The molecule has 0 bridgehead atoms. The molecule has 0 aliphatic carbocycles. The molecule has 0 aliphatic heterocycles. The van der Waals surface area contributed by atoms with E-state index in [0.717, 1.165) is 0 Å². The topological polar surface area (TPSA) is 64.7 Å². The molecule has 0 radical (unpaired) electrons. The lowest BCUT2D eigenvalue weighted by atomic mass is 10.2. The highest BCUT2D eigenvalue weighted by molar-refractivity contribution is 5.77. The quantitative estimate of drug-likeness (QED) is 0.317. The zero-order valence-corrected chi connectivity index (χ0v) is 9.12. The Bertz CT molecular complexity index is 258. The molecule has 0 aliphatic rings. The smallest absolute Gasteiger partial charge is 0.305 e. The molecule has 0 aromatic carbocycles. The van der Waals surface area contributed by atoms with Crippen LogP contribution in [-0.4, -0.2) is 25.5 Å². The average molecular weight is 216 g/mol. The van der Waals surface area contributed by atoms with E-state index >= 15 is 0 Å². The second-order valence-corrected chi connectivity index (χ2v) is 3.08. The maximum absolute atomic E-state index is 13.0. The van der Waals surface area contributed by atoms with E-state index < -0.39 is 0 Å². The van der Waals surface area contributed by atoms with Crippen LogP contribution in [0.15, 0.2) is 16.9 Å². The second-order valence-electron chi connectivity index (χ2n) is 3.08. The SMILES string of the molecule is COC(=O)CCC/C=C(\F)CN=C(C)N. The van der Waals surface area contributed by atoms with Gasteiger partial charge in [0.25, 0.3) is 0 Å². The van der Waals surface area contributed by atoms with Crippen molar-refractivity contribution in [2.75, 3.05) is 13.7 Å². The van der Waals surface area contributed by atoms with Crippen molar-refractivity contribution in [1.29, 1.82) is 0 Å². The van der Waals surface area contributed by atoms with E-state index in [2.05, 4.69) is 9.73 Å². The van der Waals surface area contributed by atoms with Crippen molar-refractivity contribution in [2.45, 2.75) is 26.2 Å². The number of allylic oxidation sites excluding steroid dienone is 1. The minimum atomic E-state index is -0.329. The predicted octanol–water partition coefficient (Wildman–Crippen LogP) is 1.56. The lowest BCUT2D eigenvalue weighted by Gasteiger charge is -1.96. The van der Waals surface area contributed by atoms with Crippen LogP contribution in [0.25, 0.3) is 0 Å². The van der Waals surface area contributed by atoms with Gasteiger partial charge in [-0.25, -0.2) is 4.39 Å². The van der Waals surface area contributed by atoms with Crippen LogP contribution in [0.1, 0.15) is 26.2 Å². The third-order valence-electron chi connectivity index (χ3n) is 1.66. The molecule has 0 fully saturated rings. The molecule has 0 rings (SSSR count). The molecule has 0 saturated heterocycles. The summed E-state index contributed by atoms with van der Waals surface area (Å²) in [5, 5.41) is 0. The van der Waals surface area contributed by atoms with Crippen LogP contribution >= 0.6 is 0 Å². The first-order valence-corrected chi connectivity index (χ1v) is 4.74. The number of nitrogens with zero attached hydrogens (tertiary/aromatic N) is 1. The molecule has 15 heavy (non-hydrogen) atoms. The van der Waals surface area contributed by atoms with Crippen molar-refractivity contribution < 1.29 is 13.9 Å². The second kappa shape index (κ2) is 7.96. The zero-order valence-electron chi connectivity index (χ0n) is 9.12. The van der Waals surface area contributed by atoms with E-state index in [4.69, 9.17) is 5.73 Å². The Balaban J connectivity index is 3.67. The third kappa shape index (κ3) is 8.93. The largest absolute Gasteiger partial charge is 0.469 e. The van der Waals surface area contributed by atoms with Gasteiger partial charge in [-0.05, 0) is 19.8 Å². The van der Waals surface area contributed by atoms with Gasteiger partial charge in [-0.15, -0.1) is 0 Å². The molecule has 86 valence electrons. The van der Waals surface area contributed by atoms with E-state index in [1.165, 1.54) is 13.2 Å². The lowest BCUT2D eigenvalue weighted by molar-refractivity contribution is -0.140. The van der Waals surface area contributed by atoms with Gasteiger partial charge in [-0.3, -0.25) is 9.79 Å². The first kappa shape index (κ1) is 13.6. The van der Waals surface area contributed by atoms with Gasteiger partial charge in [0.1, 0.15) is 5.83 Å². The fourth-order valence-electron chi connectivity index (χ4n) is 0.872. The van der Waals surface area contributed by atoms with Crippen molar-refractivity contribution in [3.63, 3.8) is 0 Å². The third-order valence-corrected chi connectivity index (χ3v) is 1.66. The minimum absolute atomic E-state index is 0.0272. The van der Waals surface area contributed by atoms with Crippen molar-refractivity contribution in [3.05, 3.63) is 11.9 Å². The molecule has 0 saturated carbocycles. The summed E-state index contributed by atoms with van der Waals surface area (Å²) in [7, 11) is 1.33. The molecule has 0 aromatic rings. The highest BCUT2D eigenvalue weighted by Crippen LogP contribution is 2.04. The first-order valence-electron chi connectivity index (χ1n) is 4.74. The zero-order chi connectivity index (χ0) is 11.7. The number of ether oxygens (including phenoxy) is 1. The van der Waals surface area contributed by atoms with Crippen LogP contribution in [0.5, 0.6) is 0 Å². The Morgan fingerprint density at radius 3 is 2.80 bits per heavy atom. The minimum Gasteiger partial charge on any atom is -0.469 e. The molecule has 0 heterocycles. The van der Waals surface area contributed by atoms with Gasteiger partial charge < -0.3 is 10.5 Å². The molecule has 0 atom stereocenters. The number of carbonyl (C=O) groups excluding carboxylic acids is 1. The average Bonchev–Trinajstić information content (AvgIpc) is 2.21. The lowest BCUT2D eigenvalue weighted by Crippen LogP contribution is -2.06. The van der Waals surface area contributed by atoms with Gasteiger partial charge in [-0.1, -0.05) is 6.08 Å². The summed E-state index contributed by atoms with van der Waals surface area (Å²) >= 11 is 0. The number of halogens is 1. The van der Waals surface area contributed by atoms with Gasteiger partial charge in [0.2, 0.25) is 0 Å². The van der Waals surface area contributed by atoms with E-state index in [1.54, 1.807) is 6.92 Å². The molecule has 0 spiro atoms. The molecule has 2 N–H and O–H groups in total. The number of carbonyl (C=O) groups is 1. The number of amidine groups is 1. The number of unbranched alkanes of at least 4 members (excludes halogenated alkanes) is 1. The molecule has 5 heteroatoms. The molecular weight excluding hydrogens is 199 g/mol.